The van der Waals surface area contributed by atoms with Gasteiger partial charge in [0, 0.05) is 10.6 Å². The molecule has 0 amide bonds. The van der Waals surface area contributed by atoms with E-state index in [0.717, 1.165) is 0 Å². The SMILES string of the molecule is O=c1nc2n(c3[nH]ncc13)C(O)(c1ccc(Cl)cc1)CS2. The molecule has 4 rings (SSSR count). The van der Waals surface area contributed by atoms with Gasteiger partial charge in [-0.2, -0.15) is 10.1 Å². The Kier molecular flexibility index (Phi) is 2.66. The number of nitrogens with zero attached hydrogens (tertiary/aromatic N) is 3. The zero-order valence-corrected chi connectivity index (χ0v) is 12.1. The number of aromatic nitrogens is 4. The third-order valence-corrected chi connectivity index (χ3v) is 4.87. The summed E-state index contributed by atoms with van der Waals surface area (Å²) in [6, 6.07) is 6.96. The van der Waals surface area contributed by atoms with Crippen molar-refractivity contribution in [2.75, 3.05) is 5.75 Å². The molecule has 0 radical (unpaired) electrons. The van der Waals surface area contributed by atoms with Crippen LogP contribution in [0, 0.1) is 0 Å². The normalized spacial score (nSPS) is 20.9. The minimum atomic E-state index is -1.30. The van der Waals surface area contributed by atoms with E-state index in [1.165, 1.54) is 18.0 Å². The van der Waals surface area contributed by atoms with Crippen LogP contribution in [0.2, 0.25) is 5.02 Å². The summed E-state index contributed by atoms with van der Waals surface area (Å²) in [6.07, 6.45) is 1.42. The number of aliphatic hydroxyl groups is 1. The van der Waals surface area contributed by atoms with Crippen molar-refractivity contribution in [3.63, 3.8) is 0 Å². The van der Waals surface area contributed by atoms with Gasteiger partial charge in [-0.05, 0) is 12.1 Å². The van der Waals surface area contributed by atoms with Gasteiger partial charge in [0.15, 0.2) is 10.9 Å². The second-order valence-corrected chi connectivity index (χ2v) is 6.16. The van der Waals surface area contributed by atoms with Crippen LogP contribution in [0.15, 0.2) is 40.4 Å². The van der Waals surface area contributed by atoms with Gasteiger partial charge in [-0.25, -0.2) is 0 Å². The molecule has 21 heavy (non-hydrogen) atoms. The molecule has 3 heterocycles. The topological polar surface area (TPSA) is 83.8 Å². The smallest absolute Gasteiger partial charge is 0.284 e. The fraction of sp³-hybridized carbons (Fsp3) is 0.154. The molecule has 3 aromatic rings. The maximum atomic E-state index is 11.9. The van der Waals surface area contributed by atoms with E-state index in [4.69, 9.17) is 11.6 Å². The van der Waals surface area contributed by atoms with Crippen LogP contribution in [0.3, 0.4) is 0 Å². The van der Waals surface area contributed by atoms with Gasteiger partial charge in [0.25, 0.3) is 5.56 Å². The molecule has 2 aromatic heterocycles. The van der Waals surface area contributed by atoms with Gasteiger partial charge in [-0.1, -0.05) is 35.5 Å². The maximum Gasteiger partial charge on any atom is 0.284 e. The van der Waals surface area contributed by atoms with Crippen LogP contribution in [-0.4, -0.2) is 30.6 Å². The first-order valence-corrected chi connectivity index (χ1v) is 7.54. The minimum absolute atomic E-state index is 0.349. The number of hydrogen-bond donors (Lipinski definition) is 2. The van der Waals surface area contributed by atoms with Gasteiger partial charge in [0.2, 0.25) is 0 Å². The maximum absolute atomic E-state index is 11.9. The molecular weight excluding hydrogens is 312 g/mol. The Balaban J connectivity index is 2.03. The number of hydrogen-bond acceptors (Lipinski definition) is 5. The summed E-state index contributed by atoms with van der Waals surface area (Å²) in [5.74, 6) is 0.360. The predicted molar refractivity (Wildman–Crippen MR) is 79.6 cm³/mol. The van der Waals surface area contributed by atoms with E-state index in [9.17, 15) is 9.90 Å². The van der Waals surface area contributed by atoms with Crippen molar-refractivity contribution in [2.45, 2.75) is 10.9 Å². The number of benzene rings is 1. The van der Waals surface area contributed by atoms with Crippen molar-refractivity contribution in [3.8, 4) is 0 Å². The summed E-state index contributed by atoms with van der Waals surface area (Å²) in [4.78, 5) is 15.9. The molecule has 8 heteroatoms. The number of thioether (sulfide) groups is 1. The fourth-order valence-corrected chi connectivity index (χ4v) is 3.77. The van der Waals surface area contributed by atoms with Crippen LogP contribution < -0.4 is 5.56 Å². The first-order valence-electron chi connectivity index (χ1n) is 6.17. The fourth-order valence-electron chi connectivity index (χ4n) is 2.50. The van der Waals surface area contributed by atoms with Gasteiger partial charge in [0.1, 0.15) is 11.0 Å². The van der Waals surface area contributed by atoms with Crippen LogP contribution in [-0.2, 0) is 5.72 Å². The van der Waals surface area contributed by atoms with Crippen LogP contribution in [0.25, 0.3) is 11.0 Å². The Labute approximate surface area is 127 Å². The molecule has 6 nitrogen and oxygen atoms in total. The van der Waals surface area contributed by atoms with E-state index in [0.29, 0.717) is 32.5 Å². The standard InChI is InChI=1S/C13H9ClN4O2S/c14-8-3-1-7(2-4-8)13(20)6-21-12-16-11(19)9-5-15-17-10(9)18(12)13/h1-5,20H,6H2,(H,15,17). The molecule has 106 valence electrons. The van der Waals surface area contributed by atoms with E-state index in [1.54, 1.807) is 28.8 Å². The lowest BCUT2D eigenvalue weighted by Gasteiger charge is -2.26. The highest BCUT2D eigenvalue weighted by Crippen LogP contribution is 2.40. The monoisotopic (exact) mass is 320 g/mol. The molecular formula is C13H9ClN4O2S. The number of fused-ring (bicyclic) bond motifs is 3. The van der Waals surface area contributed by atoms with Crippen molar-refractivity contribution in [1.29, 1.82) is 0 Å². The Morgan fingerprint density at radius 3 is 2.90 bits per heavy atom. The zero-order valence-electron chi connectivity index (χ0n) is 10.6. The van der Waals surface area contributed by atoms with Crippen LogP contribution in [0.5, 0.6) is 0 Å². The third-order valence-electron chi connectivity index (χ3n) is 3.54. The summed E-state index contributed by atoms with van der Waals surface area (Å²) in [5.41, 5.74) is -0.499. The van der Waals surface area contributed by atoms with Crippen molar-refractivity contribution < 1.29 is 5.11 Å². The molecule has 1 aromatic carbocycles. The van der Waals surface area contributed by atoms with Crippen molar-refractivity contribution in [3.05, 3.63) is 51.4 Å². The molecule has 2 N–H and O–H groups in total. The Morgan fingerprint density at radius 1 is 1.38 bits per heavy atom. The lowest BCUT2D eigenvalue weighted by atomic mass is 10.0. The molecule has 0 spiro atoms. The lowest BCUT2D eigenvalue weighted by Crippen LogP contribution is -2.35. The molecule has 1 aliphatic heterocycles. The Morgan fingerprint density at radius 2 is 2.14 bits per heavy atom. The van der Waals surface area contributed by atoms with E-state index in [-0.39, 0.29) is 5.56 Å². The minimum Gasteiger partial charge on any atom is -0.366 e. The average Bonchev–Trinajstić information content (AvgIpc) is 3.06. The van der Waals surface area contributed by atoms with Gasteiger partial charge >= 0.3 is 0 Å². The summed E-state index contributed by atoms with van der Waals surface area (Å²) in [7, 11) is 0. The molecule has 0 fully saturated rings. The van der Waals surface area contributed by atoms with Crippen molar-refractivity contribution in [2.24, 2.45) is 0 Å². The summed E-state index contributed by atoms with van der Waals surface area (Å²) < 4.78 is 1.62. The van der Waals surface area contributed by atoms with E-state index < -0.39 is 5.72 Å². The second kappa shape index (κ2) is 4.33. The third kappa shape index (κ3) is 1.75. The highest BCUT2D eigenvalue weighted by atomic mass is 35.5. The average molecular weight is 321 g/mol. The number of rotatable bonds is 1. The predicted octanol–water partition coefficient (Wildman–Crippen LogP) is 1.57. The van der Waals surface area contributed by atoms with Gasteiger partial charge in [-0.3, -0.25) is 14.5 Å². The highest BCUT2D eigenvalue weighted by molar-refractivity contribution is 7.99. The number of aromatic amines is 1. The van der Waals surface area contributed by atoms with Crippen LogP contribution in [0.1, 0.15) is 5.56 Å². The number of H-pyrrole nitrogens is 1. The van der Waals surface area contributed by atoms with Gasteiger partial charge in [-0.15, -0.1) is 0 Å². The second-order valence-electron chi connectivity index (χ2n) is 4.78. The number of halogens is 1. The highest BCUT2D eigenvalue weighted by Gasteiger charge is 2.41. The first kappa shape index (κ1) is 12.9. The van der Waals surface area contributed by atoms with Gasteiger partial charge < -0.3 is 5.11 Å². The van der Waals surface area contributed by atoms with Crippen LogP contribution >= 0.6 is 23.4 Å². The Bertz CT molecular complexity index is 905. The molecule has 1 atom stereocenters. The van der Waals surface area contributed by atoms with E-state index in [1.807, 2.05) is 0 Å². The van der Waals surface area contributed by atoms with Crippen molar-refractivity contribution >= 4 is 34.4 Å². The van der Waals surface area contributed by atoms with Crippen molar-refractivity contribution in [1.82, 2.24) is 19.7 Å². The molecule has 0 aliphatic carbocycles. The zero-order chi connectivity index (χ0) is 14.6. The molecule has 1 aliphatic rings. The Hall–Kier alpha value is -1.83. The van der Waals surface area contributed by atoms with E-state index >= 15 is 0 Å². The number of nitrogens with one attached hydrogen (secondary N) is 1. The molecule has 0 saturated carbocycles. The molecule has 0 saturated heterocycles. The summed E-state index contributed by atoms with van der Waals surface area (Å²) in [6.45, 7) is 0. The largest absolute Gasteiger partial charge is 0.366 e. The molecule has 1 unspecified atom stereocenters. The van der Waals surface area contributed by atoms with Gasteiger partial charge in [0.05, 0.1) is 11.9 Å². The first-order chi connectivity index (χ1) is 10.1. The summed E-state index contributed by atoms with van der Waals surface area (Å²) in [5, 5.41) is 19.2. The molecule has 0 bridgehead atoms. The quantitative estimate of drug-likeness (QED) is 0.665. The summed E-state index contributed by atoms with van der Waals surface area (Å²) >= 11 is 7.23. The van der Waals surface area contributed by atoms with E-state index in [2.05, 4.69) is 15.2 Å². The lowest BCUT2D eigenvalue weighted by molar-refractivity contribution is 0.0312. The van der Waals surface area contributed by atoms with Crippen LogP contribution in [0.4, 0.5) is 0 Å².